The van der Waals surface area contributed by atoms with Gasteiger partial charge >= 0.3 is 5.69 Å². The fourth-order valence-corrected chi connectivity index (χ4v) is 4.33. The van der Waals surface area contributed by atoms with Gasteiger partial charge in [-0.15, -0.1) is 0 Å². The molecule has 1 aliphatic rings. The largest absolute Gasteiger partial charge is 0.383 e. The molecular weight excluding hydrogens is 410 g/mol. The van der Waals surface area contributed by atoms with Crippen LogP contribution in [0.1, 0.15) is 18.4 Å². The van der Waals surface area contributed by atoms with Crippen LogP contribution < -0.4 is 21.9 Å². The second-order valence-corrected chi connectivity index (χ2v) is 8.38. The second-order valence-electron chi connectivity index (χ2n) is 6.77. The first-order valence-corrected chi connectivity index (χ1v) is 10.6. The van der Waals surface area contributed by atoms with Gasteiger partial charge in [-0.1, -0.05) is 54.3 Å². The monoisotopic (exact) mass is 433 g/mol. The molecule has 1 saturated heterocycles. The van der Waals surface area contributed by atoms with Crippen molar-refractivity contribution in [2.75, 3.05) is 36.5 Å². The second kappa shape index (κ2) is 9.27. The number of aromatic amines is 1. The minimum Gasteiger partial charge on any atom is -0.383 e. The van der Waals surface area contributed by atoms with Crippen molar-refractivity contribution in [3.05, 3.63) is 56.7 Å². The van der Waals surface area contributed by atoms with Gasteiger partial charge in [-0.2, -0.15) is 0 Å². The van der Waals surface area contributed by atoms with Gasteiger partial charge in [0, 0.05) is 20.1 Å². The lowest BCUT2D eigenvalue weighted by atomic mass is 10.2. The van der Waals surface area contributed by atoms with Gasteiger partial charge in [0.2, 0.25) is 5.91 Å². The number of nitrogen functional groups attached to an aromatic ring is 1. The standard InChI is InChI=1S/C19H23N5O3S2/c1-22(14(25)12-29-19(28)23-9-5-6-10-23)15-16(20)24(18(27)21-17(15)26)11-13-7-3-2-4-8-13/h2-4,7-8H,5-6,9-12,20H2,1H3,(H,21,26,27). The number of aromatic nitrogens is 2. The highest BCUT2D eigenvalue weighted by atomic mass is 32.2. The van der Waals surface area contributed by atoms with Crippen LogP contribution >= 0.6 is 24.0 Å². The van der Waals surface area contributed by atoms with Gasteiger partial charge in [0.1, 0.15) is 10.1 Å². The van der Waals surface area contributed by atoms with Crippen molar-refractivity contribution in [1.29, 1.82) is 0 Å². The smallest absolute Gasteiger partial charge is 0.330 e. The molecule has 1 amide bonds. The number of rotatable bonds is 5. The topological polar surface area (TPSA) is 104 Å². The van der Waals surface area contributed by atoms with Crippen molar-refractivity contribution in [3.63, 3.8) is 0 Å². The first-order chi connectivity index (χ1) is 13.9. The van der Waals surface area contributed by atoms with E-state index in [-0.39, 0.29) is 29.7 Å². The molecule has 0 unspecified atom stereocenters. The Morgan fingerprint density at radius 3 is 2.55 bits per heavy atom. The summed E-state index contributed by atoms with van der Waals surface area (Å²) in [6.45, 7) is 2.00. The van der Waals surface area contributed by atoms with Crippen LogP contribution in [0, 0.1) is 0 Å². The van der Waals surface area contributed by atoms with Crippen LogP contribution in [-0.2, 0) is 11.3 Å². The van der Waals surface area contributed by atoms with Crippen LogP contribution in [0.5, 0.6) is 0 Å². The number of nitrogens with two attached hydrogens (primary N) is 1. The Morgan fingerprint density at radius 2 is 1.90 bits per heavy atom. The highest BCUT2D eigenvalue weighted by molar-refractivity contribution is 8.23. The number of amides is 1. The molecule has 2 heterocycles. The van der Waals surface area contributed by atoms with E-state index in [4.69, 9.17) is 18.0 Å². The molecule has 0 spiro atoms. The van der Waals surface area contributed by atoms with E-state index < -0.39 is 11.2 Å². The van der Waals surface area contributed by atoms with Crippen molar-refractivity contribution in [2.24, 2.45) is 0 Å². The van der Waals surface area contributed by atoms with E-state index in [1.54, 1.807) is 0 Å². The quantitative estimate of drug-likeness (QED) is 0.684. The van der Waals surface area contributed by atoms with Gasteiger partial charge in [0.05, 0.1) is 12.3 Å². The molecule has 0 bridgehead atoms. The third-order valence-corrected chi connectivity index (χ3v) is 6.30. The summed E-state index contributed by atoms with van der Waals surface area (Å²) in [6.07, 6.45) is 2.20. The SMILES string of the molecule is CN(C(=O)CSC(=S)N1CCCC1)c1c(N)n(Cc2ccccc2)c(=O)[nH]c1=O. The van der Waals surface area contributed by atoms with Gasteiger partial charge in [0.15, 0.2) is 5.69 Å². The lowest BCUT2D eigenvalue weighted by Crippen LogP contribution is -2.40. The van der Waals surface area contributed by atoms with Crippen LogP contribution in [0.3, 0.4) is 0 Å². The highest BCUT2D eigenvalue weighted by Gasteiger charge is 2.22. The zero-order valence-corrected chi connectivity index (χ0v) is 17.7. The van der Waals surface area contributed by atoms with Crippen LogP contribution in [-0.4, -0.2) is 50.6 Å². The maximum atomic E-state index is 12.7. The van der Waals surface area contributed by atoms with E-state index in [0.29, 0.717) is 4.32 Å². The first-order valence-electron chi connectivity index (χ1n) is 9.23. The molecule has 154 valence electrons. The van der Waals surface area contributed by atoms with E-state index in [1.807, 2.05) is 30.3 Å². The molecular formula is C19H23N5O3S2. The van der Waals surface area contributed by atoms with E-state index in [1.165, 1.54) is 28.3 Å². The number of thioether (sulfide) groups is 1. The van der Waals surface area contributed by atoms with Crippen LogP contribution in [0.25, 0.3) is 0 Å². The summed E-state index contributed by atoms with van der Waals surface area (Å²) in [5.74, 6) is -0.285. The molecule has 3 rings (SSSR count). The Bertz CT molecular complexity index is 1010. The molecule has 2 aromatic rings. The third-order valence-electron chi connectivity index (χ3n) is 4.79. The zero-order chi connectivity index (χ0) is 21.0. The number of nitrogens with one attached hydrogen (secondary N) is 1. The minimum atomic E-state index is -0.695. The summed E-state index contributed by atoms with van der Waals surface area (Å²) >= 11 is 6.65. The molecule has 29 heavy (non-hydrogen) atoms. The minimum absolute atomic E-state index is 0.0433. The molecule has 0 aliphatic carbocycles. The van der Waals surface area contributed by atoms with E-state index in [2.05, 4.69) is 9.88 Å². The summed E-state index contributed by atoms with van der Waals surface area (Å²) in [6, 6.07) is 9.26. The molecule has 8 nitrogen and oxygen atoms in total. The summed E-state index contributed by atoms with van der Waals surface area (Å²) in [7, 11) is 1.47. The Hall–Kier alpha value is -2.59. The average Bonchev–Trinajstić information content (AvgIpc) is 3.24. The maximum Gasteiger partial charge on any atom is 0.330 e. The van der Waals surface area contributed by atoms with Crippen LogP contribution in [0.15, 0.2) is 39.9 Å². The number of thiocarbonyl (C=S) groups is 1. The molecule has 0 saturated carbocycles. The number of carbonyl (C=O) groups is 1. The van der Waals surface area contributed by atoms with Gasteiger partial charge in [-0.3, -0.25) is 19.1 Å². The molecule has 0 atom stereocenters. The van der Waals surface area contributed by atoms with E-state index in [0.717, 1.165) is 31.5 Å². The van der Waals surface area contributed by atoms with Gasteiger partial charge < -0.3 is 15.5 Å². The number of likely N-dealkylation sites (tertiary alicyclic amines) is 1. The lowest BCUT2D eigenvalue weighted by molar-refractivity contribution is -0.115. The summed E-state index contributed by atoms with van der Waals surface area (Å²) in [4.78, 5) is 42.8. The van der Waals surface area contributed by atoms with E-state index in [9.17, 15) is 14.4 Å². The predicted molar refractivity (Wildman–Crippen MR) is 121 cm³/mol. The molecule has 0 radical (unpaired) electrons. The molecule has 1 fully saturated rings. The number of hydrogen-bond donors (Lipinski definition) is 2. The number of nitrogens with zero attached hydrogens (tertiary/aromatic N) is 3. The molecule has 10 heteroatoms. The Labute approximate surface area is 177 Å². The molecule has 1 aromatic carbocycles. The van der Waals surface area contributed by atoms with E-state index >= 15 is 0 Å². The van der Waals surface area contributed by atoms with Gasteiger partial charge in [-0.25, -0.2) is 4.79 Å². The van der Waals surface area contributed by atoms with Crippen molar-refractivity contribution < 1.29 is 4.79 Å². The fraction of sp³-hybridized carbons (Fsp3) is 0.368. The highest BCUT2D eigenvalue weighted by Crippen LogP contribution is 2.20. The molecule has 1 aliphatic heterocycles. The molecule has 3 N–H and O–H groups in total. The van der Waals surface area contributed by atoms with Crippen LogP contribution in [0.4, 0.5) is 11.5 Å². The summed E-state index contributed by atoms with van der Waals surface area (Å²) in [5.41, 5.74) is 5.62. The fourth-order valence-electron chi connectivity index (χ4n) is 3.16. The third kappa shape index (κ3) is 4.88. The van der Waals surface area contributed by atoms with Crippen molar-refractivity contribution >= 4 is 45.7 Å². The Kier molecular flexibility index (Phi) is 6.75. The van der Waals surface area contributed by atoms with Crippen molar-refractivity contribution in [3.8, 4) is 0 Å². The number of hydrogen-bond acceptors (Lipinski definition) is 6. The summed E-state index contributed by atoms with van der Waals surface area (Å²) < 4.78 is 1.93. The first kappa shape index (κ1) is 21.1. The maximum absolute atomic E-state index is 12.7. The normalized spacial score (nSPS) is 13.5. The number of carbonyl (C=O) groups excluding carboxylic acids is 1. The van der Waals surface area contributed by atoms with Gasteiger partial charge in [-0.05, 0) is 18.4 Å². The zero-order valence-electron chi connectivity index (χ0n) is 16.1. The van der Waals surface area contributed by atoms with Crippen molar-refractivity contribution in [1.82, 2.24) is 14.5 Å². The number of benzene rings is 1. The predicted octanol–water partition coefficient (Wildman–Crippen LogP) is 1.24. The molecule has 1 aromatic heterocycles. The Morgan fingerprint density at radius 1 is 1.24 bits per heavy atom. The van der Waals surface area contributed by atoms with Crippen LogP contribution in [0.2, 0.25) is 0 Å². The number of anilines is 2. The van der Waals surface area contributed by atoms with Crippen molar-refractivity contribution in [2.45, 2.75) is 19.4 Å². The summed E-state index contributed by atoms with van der Waals surface area (Å²) in [5, 5.41) is 0. The van der Waals surface area contributed by atoms with Gasteiger partial charge in [0.25, 0.3) is 5.56 Å². The number of H-pyrrole nitrogens is 1. The Balaban J connectivity index is 1.78. The lowest BCUT2D eigenvalue weighted by Gasteiger charge is -2.21. The average molecular weight is 434 g/mol.